The number of rotatable bonds is 12. The number of unbranched alkanes of at least 4 members (excludes halogenated alkanes) is 5. The molecule has 0 bridgehead atoms. The Balaban J connectivity index is 3.33. The zero-order chi connectivity index (χ0) is 15.4. The van der Waals surface area contributed by atoms with Crippen LogP contribution in [-0.4, -0.2) is 12.6 Å². The van der Waals surface area contributed by atoms with Crippen LogP contribution in [0.4, 0.5) is 0 Å². The van der Waals surface area contributed by atoms with Gasteiger partial charge in [0, 0.05) is 0 Å². The zero-order valence-corrected chi connectivity index (χ0v) is 14.4. The van der Waals surface area contributed by atoms with Crippen LogP contribution in [0, 0.1) is 17.8 Å². The van der Waals surface area contributed by atoms with E-state index >= 15 is 0 Å². The Morgan fingerprint density at radius 2 is 1.35 bits per heavy atom. The minimum Gasteiger partial charge on any atom is -0.465 e. The van der Waals surface area contributed by atoms with Gasteiger partial charge in [0.15, 0.2) is 0 Å². The van der Waals surface area contributed by atoms with Gasteiger partial charge < -0.3 is 4.74 Å². The lowest BCUT2D eigenvalue weighted by Crippen LogP contribution is -2.17. The van der Waals surface area contributed by atoms with E-state index in [-0.39, 0.29) is 11.9 Å². The Labute approximate surface area is 126 Å². The molecule has 1 unspecified atom stereocenters. The Morgan fingerprint density at radius 1 is 0.800 bits per heavy atom. The smallest absolute Gasteiger partial charge is 0.308 e. The van der Waals surface area contributed by atoms with Crippen LogP contribution in [0.25, 0.3) is 0 Å². The molecule has 0 fully saturated rings. The van der Waals surface area contributed by atoms with Gasteiger partial charge in [0.2, 0.25) is 0 Å². The standard InChI is InChI=1S/C18H36O2/c1-15(2)12-10-8-6-7-9-11-13-20-18(19)17(5)14-16(3)4/h15-17H,6-14H2,1-5H3. The molecule has 0 aliphatic heterocycles. The fourth-order valence-electron chi connectivity index (χ4n) is 2.48. The van der Waals surface area contributed by atoms with E-state index in [1.54, 1.807) is 0 Å². The molecule has 1 atom stereocenters. The number of carbonyl (C=O) groups is 1. The van der Waals surface area contributed by atoms with Crippen molar-refractivity contribution in [2.45, 2.75) is 86.0 Å². The van der Waals surface area contributed by atoms with E-state index in [2.05, 4.69) is 27.7 Å². The van der Waals surface area contributed by atoms with Gasteiger partial charge in [-0.2, -0.15) is 0 Å². The predicted molar refractivity (Wildman–Crippen MR) is 86.7 cm³/mol. The second-order valence-corrected chi connectivity index (χ2v) is 7.00. The Bertz CT molecular complexity index is 234. The molecular weight excluding hydrogens is 248 g/mol. The molecule has 0 saturated heterocycles. The highest BCUT2D eigenvalue weighted by Crippen LogP contribution is 2.14. The zero-order valence-electron chi connectivity index (χ0n) is 14.4. The highest BCUT2D eigenvalue weighted by atomic mass is 16.5. The van der Waals surface area contributed by atoms with Crippen LogP contribution in [0.5, 0.6) is 0 Å². The second kappa shape index (κ2) is 12.2. The minimum atomic E-state index is -0.0179. The van der Waals surface area contributed by atoms with E-state index in [0.717, 1.165) is 18.8 Å². The number of esters is 1. The van der Waals surface area contributed by atoms with Crippen LogP contribution >= 0.6 is 0 Å². The van der Waals surface area contributed by atoms with Crippen LogP contribution in [0.2, 0.25) is 0 Å². The molecule has 0 aliphatic carbocycles. The third-order valence-corrected chi connectivity index (χ3v) is 3.65. The maximum absolute atomic E-state index is 11.7. The quantitative estimate of drug-likeness (QED) is 0.344. The average Bonchev–Trinajstić information content (AvgIpc) is 2.35. The lowest BCUT2D eigenvalue weighted by molar-refractivity contribution is -0.148. The van der Waals surface area contributed by atoms with Crippen molar-refractivity contribution in [2.24, 2.45) is 17.8 Å². The maximum atomic E-state index is 11.7. The molecule has 0 saturated carbocycles. The maximum Gasteiger partial charge on any atom is 0.308 e. The third-order valence-electron chi connectivity index (χ3n) is 3.65. The van der Waals surface area contributed by atoms with Crippen molar-refractivity contribution in [2.75, 3.05) is 6.61 Å². The van der Waals surface area contributed by atoms with Gasteiger partial charge in [-0.15, -0.1) is 0 Å². The minimum absolute atomic E-state index is 0.0179. The normalized spacial score (nSPS) is 12.9. The first-order chi connectivity index (χ1) is 9.43. The van der Waals surface area contributed by atoms with Gasteiger partial charge in [-0.25, -0.2) is 0 Å². The summed E-state index contributed by atoms with van der Waals surface area (Å²) in [5.41, 5.74) is 0. The molecule has 0 heterocycles. The van der Waals surface area contributed by atoms with Crippen molar-refractivity contribution in [3.05, 3.63) is 0 Å². The van der Waals surface area contributed by atoms with Gasteiger partial charge in [-0.3, -0.25) is 4.79 Å². The summed E-state index contributed by atoms with van der Waals surface area (Å²) in [6.45, 7) is 11.4. The van der Waals surface area contributed by atoms with E-state index in [9.17, 15) is 4.79 Å². The molecule has 2 nitrogen and oxygen atoms in total. The highest BCUT2D eigenvalue weighted by molar-refractivity contribution is 5.71. The SMILES string of the molecule is CC(C)CCCCCCCCOC(=O)C(C)CC(C)C. The Kier molecular flexibility index (Phi) is 11.9. The number of hydrogen-bond acceptors (Lipinski definition) is 2. The molecule has 0 aromatic heterocycles. The largest absolute Gasteiger partial charge is 0.465 e. The van der Waals surface area contributed by atoms with E-state index in [4.69, 9.17) is 4.74 Å². The molecule has 0 aliphatic rings. The molecule has 0 aromatic rings. The molecule has 0 aromatic carbocycles. The average molecular weight is 284 g/mol. The van der Waals surface area contributed by atoms with Crippen LogP contribution in [0.3, 0.4) is 0 Å². The summed E-state index contributed by atoms with van der Waals surface area (Å²) in [7, 11) is 0. The molecule has 20 heavy (non-hydrogen) atoms. The highest BCUT2D eigenvalue weighted by Gasteiger charge is 2.15. The molecule has 0 N–H and O–H groups in total. The van der Waals surface area contributed by atoms with Crippen molar-refractivity contribution in [1.82, 2.24) is 0 Å². The van der Waals surface area contributed by atoms with E-state index in [1.807, 2.05) is 6.92 Å². The molecule has 2 heteroatoms. The first-order valence-electron chi connectivity index (χ1n) is 8.60. The molecular formula is C18H36O2. The summed E-state index contributed by atoms with van der Waals surface area (Å²) in [6, 6.07) is 0. The lowest BCUT2D eigenvalue weighted by Gasteiger charge is -2.13. The first kappa shape index (κ1) is 19.5. The molecule has 0 rings (SSSR count). The van der Waals surface area contributed by atoms with E-state index < -0.39 is 0 Å². The summed E-state index contributed by atoms with van der Waals surface area (Å²) < 4.78 is 5.32. The summed E-state index contributed by atoms with van der Waals surface area (Å²) in [6.07, 6.45) is 9.79. The van der Waals surface area contributed by atoms with Crippen LogP contribution in [0.1, 0.15) is 86.0 Å². The van der Waals surface area contributed by atoms with Gasteiger partial charge in [-0.05, 0) is 24.7 Å². The van der Waals surface area contributed by atoms with Crippen LogP contribution in [0.15, 0.2) is 0 Å². The van der Waals surface area contributed by atoms with E-state index in [0.29, 0.717) is 12.5 Å². The summed E-state index contributed by atoms with van der Waals surface area (Å²) in [4.78, 5) is 11.7. The van der Waals surface area contributed by atoms with Gasteiger partial charge in [-0.1, -0.05) is 73.1 Å². The molecule has 120 valence electrons. The molecule has 0 radical (unpaired) electrons. The Morgan fingerprint density at radius 3 is 1.90 bits per heavy atom. The Hall–Kier alpha value is -0.530. The van der Waals surface area contributed by atoms with Gasteiger partial charge in [0.1, 0.15) is 0 Å². The fraction of sp³-hybridized carbons (Fsp3) is 0.944. The van der Waals surface area contributed by atoms with Gasteiger partial charge in [0.05, 0.1) is 12.5 Å². The van der Waals surface area contributed by atoms with Crippen molar-refractivity contribution in [3.8, 4) is 0 Å². The summed E-state index contributed by atoms with van der Waals surface area (Å²) in [5, 5.41) is 0. The number of ether oxygens (including phenoxy) is 1. The lowest BCUT2D eigenvalue weighted by atomic mass is 9.99. The fourth-order valence-corrected chi connectivity index (χ4v) is 2.48. The van der Waals surface area contributed by atoms with Crippen molar-refractivity contribution < 1.29 is 9.53 Å². The van der Waals surface area contributed by atoms with Crippen LogP contribution in [-0.2, 0) is 9.53 Å². The second-order valence-electron chi connectivity index (χ2n) is 7.00. The number of carbonyl (C=O) groups excluding carboxylic acids is 1. The van der Waals surface area contributed by atoms with Gasteiger partial charge in [0.25, 0.3) is 0 Å². The molecule has 0 spiro atoms. The van der Waals surface area contributed by atoms with Crippen molar-refractivity contribution in [1.29, 1.82) is 0 Å². The van der Waals surface area contributed by atoms with E-state index in [1.165, 1.54) is 38.5 Å². The van der Waals surface area contributed by atoms with Crippen LogP contribution < -0.4 is 0 Å². The summed E-state index contributed by atoms with van der Waals surface area (Å²) in [5.74, 6) is 1.42. The van der Waals surface area contributed by atoms with Crippen molar-refractivity contribution in [3.63, 3.8) is 0 Å². The number of hydrogen-bond donors (Lipinski definition) is 0. The third kappa shape index (κ3) is 12.5. The molecule has 0 amide bonds. The predicted octanol–water partition coefficient (Wildman–Crippen LogP) is 5.60. The monoisotopic (exact) mass is 284 g/mol. The van der Waals surface area contributed by atoms with Crippen molar-refractivity contribution >= 4 is 5.97 Å². The first-order valence-corrected chi connectivity index (χ1v) is 8.60. The topological polar surface area (TPSA) is 26.3 Å². The van der Waals surface area contributed by atoms with Gasteiger partial charge >= 0.3 is 5.97 Å². The summed E-state index contributed by atoms with van der Waals surface area (Å²) >= 11 is 0.